The average molecular weight is 255 g/mol. The van der Waals surface area contributed by atoms with E-state index >= 15 is 0 Å². The summed E-state index contributed by atoms with van der Waals surface area (Å²) in [6, 6.07) is 15.5. The Labute approximate surface area is 112 Å². The van der Waals surface area contributed by atoms with E-state index in [9.17, 15) is 5.11 Å². The topological polar surface area (TPSA) is 41.5 Å². The number of anilines is 1. The summed E-state index contributed by atoms with van der Waals surface area (Å²) < 4.78 is 5.70. The third-order valence-electron chi connectivity index (χ3n) is 3.45. The molecular weight excluding hydrogens is 238 g/mol. The fourth-order valence-electron chi connectivity index (χ4n) is 2.41. The quantitative estimate of drug-likeness (QED) is 0.885. The first-order valence-electron chi connectivity index (χ1n) is 6.55. The van der Waals surface area contributed by atoms with Crippen LogP contribution in [0.5, 0.6) is 11.5 Å². The Bertz CT molecular complexity index is 568. The van der Waals surface area contributed by atoms with E-state index < -0.39 is 0 Å². The van der Waals surface area contributed by atoms with Gasteiger partial charge in [0.05, 0.1) is 6.61 Å². The normalized spacial score (nSPS) is 17.4. The smallest absolute Gasteiger partial charge is 0.160 e. The van der Waals surface area contributed by atoms with Gasteiger partial charge in [-0.1, -0.05) is 30.3 Å². The lowest BCUT2D eigenvalue weighted by Crippen LogP contribution is -2.27. The van der Waals surface area contributed by atoms with Crippen molar-refractivity contribution in [1.29, 1.82) is 0 Å². The van der Waals surface area contributed by atoms with Gasteiger partial charge in [-0.3, -0.25) is 0 Å². The first kappa shape index (κ1) is 11.9. The van der Waals surface area contributed by atoms with Crippen LogP contribution in [0.15, 0.2) is 48.5 Å². The van der Waals surface area contributed by atoms with Crippen molar-refractivity contribution in [2.24, 2.45) is 5.92 Å². The Morgan fingerprint density at radius 1 is 1.11 bits per heavy atom. The highest BCUT2D eigenvalue weighted by Gasteiger charge is 2.18. The van der Waals surface area contributed by atoms with E-state index in [1.165, 1.54) is 11.3 Å². The fraction of sp³-hybridized carbons (Fsp3) is 0.250. The molecule has 1 atom stereocenters. The molecule has 0 amide bonds. The molecule has 2 N–H and O–H groups in total. The zero-order chi connectivity index (χ0) is 13.1. The zero-order valence-corrected chi connectivity index (χ0v) is 10.7. The number of aromatic hydroxyl groups is 1. The maximum atomic E-state index is 9.66. The van der Waals surface area contributed by atoms with Crippen LogP contribution in [0, 0.1) is 5.92 Å². The molecule has 0 aliphatic carbocycles. The lowest BCUT2D eigenvalue weighted by Gasteiger charge is -2.26. The Balaban J connectivity index is 1.62. The molecule has 1 unspecified atom stereocenters. The van der Waals surface area contributed by atoms with Gasteiger partial charge in [-0.05, 0) is 30.2 Å². The molecule has 1 aliphatic rings. The summed E-state index contributed by atoms with van der Waals surface area (Å²) >= 11 is 0. The Hall–Kier alpha value is -2.16. The first-order valence-corrected chi connectivity index (χ1v) is 6.55. The minimum absolute atomic E-state index is 0.201. The van der Waals surface area contributed by atoms with Crippen molar-refractivity contribution in [3.63, 3.8) is 0 Å². The number of para-hydroxylation sites is 3. The predicted octanol–water partition coefficient (Wildman–Crippen LogP) is 3.06. The van der Waals surface area contributed by atoms with E-state index in [2.05, 4.69) is 23.5 Å². The van der Waals surface area contributed by atoms with Gasteiger partial charge in [-0.15, -0.1) is 0 Å². The van der Waals surface area contributed by atoms with E-state index in [0.717, 1.165) is 13.0 Å². The molecule has 98 valence electrons. The minimum atomic E-state index is 0.201. The molecule has 0 saturated heterocycles. The number of rotatable bonds is 3. The lowest BCUT2D eigenvalue weighted by molar-refractivity contribution is 0.243. The molecule has 1 heterocycles. The Morgan fingerprint density at radius 2 is 1.89 bits per heavy atom. The summed E-state index contributed by atoms with van der Waals surface area (Å²) in [6.45, 7) is 1.52. The van der Waals surface area contributed by atoms with Gasteiger partial charge in [0.15, 0.2) is 11.5 Å². The lowest BCUT2D eigenvalue weighted by atomic mass is 9.95. The molecular formula is C16H17NO2. The summed E-state index contributed by atoms with van der Waals surface area (Å²) in [5, 5.41) is 13.1. The predicted molar refractivity (Wildman–Crippen MR) is 75.7 cm³/mol. The Kier molecular flexibility index (Phi) is 3.27. The van der Waals surface area contributed by atoms with Crippen molar-refractivity contribution in [3.05, 3.63) is 54.1 Å². The highest BCUT2D eigenvalue weighted by atomic mass is 16.5. The molecule has 3 nitrogen and oxygen atoms in total. The van der Waals surface area contributed by atoms with Crippen LogP contribution < -0.4 is 10.1 Å². The molecule has 19 heavy (non-hydrogen) atoms. The van der Waals surface area contributed by atoms with Crippen LogP contribution in [0.1, 0.15) is 5.56 Å². The second-order valence-electron chi connectivity index (χ2n) is 4.89. The third-order valence-corrected chi connectivity index (χ3v) is 3.45. The molecule has 0 radical (unpaired) electrons. The second-order valence-corrected chi connectivity index (χ2v) is 4.89. The maximum Gasteiger partial charge on any atom is 0.160 e. The van der Waals surface area contributed by atoms with Gasteiger partial charge in [0, 0.05) is 18.2 Å². The molecule has 0 saturated carbocycles. The van der Waals surface area contributed by atoms with Gasteiger partial charge < -0.3 is 15.2 Å². The van der Waals surface area contributed by atoms with Crippen molar-refractivity contribution < 1.29 is 9.84 Å². The number of nitrogens with one attached hydrogen (secondary N) is 1. The number of phenolic OH excluding ortho intramolecular Hbond substituents is 1. The van der Waals surface area contributed by atoms with Crippen LogP contribution in [0.3, 0.4) is 0 Å². The van der Waals surface area contributed by atoms with Crippen LogP contribution in [0.4, 0.5) is 5.69 Å². The van der Waals surface area contributed by atoms with Gasteiger partial charge in [0.25, 0.3) is 0 Å². The van der Waals surface area contributed by atoms with E-state index in [1.807, 2.05) is 12.1 Å². The third kappa shape index (κ3) is 2.65. The number of fused-ring (bicyclic) bond motifs is 1. The first-order chi connectivity index (χ1) is 9.33. The number of phenols is 1. The zero-order valence-electron chi connectivity index (χ0n) is 10.7. The van der Waals surface area contributed by atoms with E-state index in [-0.39, 0.29) is 5.75 Å². The SMILES string of the molecule is Oc1ccccc1OCC1CNc2ccccc2C1. The monoisotopic (exact) mass is 255 g/mol. The van der Waals surface area contributed by atoms with Gasteiger partial charge >= 0.3 is 0 Å². The molecule has 3 heteroatoms. The second kappa shape index (κ2) is 5.22. The molecule has 3 rings (SSSR count). The molecule has 0 aromatic heterocycles. The molecule has 2 aromatic rings. The summed E-state index contributed by atoms with van der Waals surface area (Å²) in [4.78, 5) is 0. The highest BCUT2D eigenvalue weighted by molar-refractivity contribution is 5.53. The van der Waals surface area contributed by atoms with Gasteiger partial charge in [0.2, 0.25) is 0 Å². The van der Waals surface area contributed by atoms with Crippen LogP contribution in [-0.2, 0) is 6.42 Å². The van der Waals surface area contributed by atoms with E-state index in [1.54, 1.807) is 18.2 Å². The summed E-state index contributed by atoms with van der Waals surface area (Å²) in [5.41, 5.74) is 2.56. The van der Waals surface area contributed by atoms with Gasteiger partial charge in [0.1, 0.15) is 0 Å². The number of hydrogen-bond donors (Lipinski definition) is 2. The number of benzene rings is 2. The number of hydrogen-bond acceptors (Lipinski definition) is 3. The summed E-state index contributed by atoms with van der Waals surface area (Å²) in [6.07, 6.45) is 1.01. The van der Waals surface area contributed by atoms with Crippen molar-refractivity contribution in [2.75, 3.05) is 18.5 Å². The Morgan fingerprint density at radius 3 is 2.79 bits per heavy atom. The van der Waals surface area contributed by atoms with Crippen molar-refractivity contribution in [3.8, 4) is 11.5 Å². The minimum Gasteiger partial charge on any atom is -0.504 e. The van der Waals surface area contributed by atoms with Crippen LogP contribution in [-0.4, -0.2) is 18.3 Å². The number of ether oxygens (including phenoxy) is 1. The molecule has 1 aliphatic heterocycles. The van der Waals surface area contributed by atoms with E-state index in [4.69, 9.17) is 4.74 Å². The summed E-state index contributed by atoms with van der Waals surface area (Å²) in [5.74, 6) is 1.18. The average Bonchev–Trinajstić information content (AvgIpc) is 2.46. The standard InChI is InChI=1S/C16H17NO2/c18-15-7-3-4-8-16(15)19-11-12-9-13-5-1-2-6-14(13)17-10-12/h1-8,12,17-18H,9-11H2. The van der Waals surface area contributed by atoms with Crippen LogP contribution >= 0.6 is 0 Å². The van der Waals surface area contributed by atoms with Crippen LogP contribution in [0.25, 0.3) is 0 Å². The van der Waals surface area contributed by atoms with Gasteiger partial charge in [-0.25, -0.2) is 0 Å². The molecule has 2 aromatic carbocycles. The molecule has 0 bridgehead atoms. The molecule has 0 spiro atoms. The largest absolute Gasteiger partial charge is 0.504 e. The maximum absolute atomic E-state index is 9.66. The van der Waals surface area contributed by atoms with Crippen molar-refractivity contribution in [1.82, 2.24) is 0 Å². The van der Waals surface area contributed by atoms with Crippen LogP contribution in [0.2, 0.25) is 0 Å². The fourth-order valence-corrected chi connectivity index (χ4v) is 2.41. The highest BCUT2D eigenvalue weighted by Crippen LogP contribution is 2.27. The summed E-state index contributed by atoms with van der Waals surface area (Å²) in [7, 11) is 0. The molecule has 0 fully saturated rings. The van der Waals surface area contributed by atoms with Crippen molar-refractivity contribution >= 4 is 5.69 Å². The van der Waals surface area contributed by atoms with Crippen molar-refractivity contribution in [2.45, 2.75) is 6.42 Å². The van der Waals surface area contributed by atoms with E-state index in [0.29, 0.717) is 18.3 Å². The van der Waals surface area contributed by atoms with Gasteiger partial charge in [-0.2, -0.15) is 0 Å².